The first-order valence-corrected chi connectivity index (χ1v) is 7.63. The lowest BCUT2D eigenvalue weighted by molar-refractivity contribution is -0.125. The van der Waals surface area contributed by atoms with Crippen LogP contribution in [0.5, 0.6) is 0 Å². The number of ketones is 1. The van der Waals surface area contributed by atoms with Crippen molar-refractivity contribution in [2.45, 2.75) is 33.6 Å². The third-order valence-corrected chi connectivity index (χ3v) is 5.91. The predicted molar refractivity (Wildman–Crippen MR) is 84.7 cm³/mol. The van der Waals surface area contributed by atoms with Crippen LogP contribution in [0.4, 0.5) is 5.69 Å². The Morgan fingerprint density at radius 3 is 2.59 bits per heavy atom. The van der Waals surface area contributed by atoms with E-state index in [4.69, 9.17) is 0 Å². The molecule has 1 aromatic carbocycles. The van der Waals surface area contributed by atoms with Gasteiger partial charge < -0.3 is 10.4 Å². The van der Waals surface area contributed by atoms with Gasteiger partial charge in [-0.3, -0.25) is 4.79 Å². The fourth-order valence-electron chi connectivity index (χ4n) is 4.04. The number of hydrogen-bond donors (Lipinski definition) is 2. The molecule has 0 aliphatic heterocycles. The maximum absolute atomic E-state index is 12.7. The van der Waals surface area contributed by atoms with Crippen LogP contribution in [0.25, 0.3) is 0 Å². The van der Waals surface area contributed by atoms with Crippen LogP contribution in [0.15, 0.2) is 36.0 Å². The molecule has 3 rings (SSSR count). The highest BCUT2D eigenvalue weighted by molar-refractivity contribution is 6.05. The maximum atomic E-state index is 12.7. The average molecular weight is 299 g/mol. The Morgan fingerprint density at radius 1 is 1.32 bits per heavy atom. The SMILES string of the molecule is CC12CCC(C(=CNc3ccccc3C(=O)O)C1=O)C2(C)C. The van der Waals surface area contributed by atoms with E-state index in [0.29, 0.717) is 5.69 Å². The Morgan fingerprint density at radius 2 is 2.00 bits per heavy atom. The van der Waals surface area contributed by atoms with E-state index in [1.807, 2.05) is 0 Å². The van der Waals surface area contributed by atoms with Gasteiger partial charge in [0, 0.05) is 17.2 Å². The number of Topliss-reactive ketones (excluding diaryl/α,β-unsaturated/α-hetero) is 1. The molecule has 116 valence electrons. The van der Waals surface area contributed by atoms with Crippen LogP contribution >= 0.6 is 0 Å². The zero-order valence-electron chi connectivity index (χ0n) is 13.1. The Hall–Kier alpha value is -2.10. The van der Waals surface area contributed by atoms with Gasteiger partial charge in [0.05, 0.1) is 11.3 Å². The number of nitrogens with one attached hydrogen (secondary N) is 1. The van der Waals surface area contributed by atoms with Crippen molar-refractivity contribution in [3.63, 3.8) is 0 Å². The van der Waals surface area contributed by atoms with E-state index in [2.05, 4.69) is 26.1 Å². The lowest BCUT2D eigenvalue weighted by Crippen LogP contribution is -2.32. The summed E-state index contributed by atoms with van der Waals surface area (Å²) < 4.78 is 0. The minimum atomic E-state index is -0.979. The molecule has 1 aromatic rings. The van der Waals surface area contributed by atoms with Gasteiger partial charge in [-0.25, -0.2) is 4.79 Å². The van der Waals surface area contributed by atoms with Crippen molar-refractivity contribution in [3.8, 4) is 0 Å². The summed E-state index contributed by atoms with van der Waals surface area (Å²) in [7, 11) is 0. The molecule has 2 unspecified atom stereocenters. The van der Waals surface area contributed by atoms with Crippen molar-refractivity contribution >= 4 is 17.4 Å². The number of aromatic carboxylic acids is 1. The zero-order valence-corrected chi connectivity index (χ0v) is 13.1. The molecule has 0 amide bonds. The Balaban J connectivity index is 1.93. The molecule has 4 nitrogen and oxygen atoms in total. The molecule has 22 heavy (non-hydrogen) atoms. The van der Waals surface area contributed by atoms with Gasteiger partial charge in [0.25, 0.3) is 0 Å². The summed E-state index contributed by atoms with van der Waals surface area (Å²) in [4.78, 5) is 24.0. The third kappa shape index (κ3) is 1.83. The molecule has 2 aliphatic rings. The number of benzene rings is 1. The van der Waals surface area contributed by atoms with Gasteiger partial charge in [-0.05, 0) is 36.3 Å². The fraction of sp³-hybridized carbons (Fsp3) is 0.444. The molecule has 0 spiro atoms. The highest BCUT2D eigenvalue weighted by atomic mass is 16.4. The minimum absolute atomic E-state index is 0.0378. The van der Waals surface area contributed by atoms with E-state index in [0.717, 1.165) is 18.4 Å². The molecule has 0 radical (unpaired) electrons. The van der Waals surface area contributed by atoms with E-state index < -0.39 is 5.97 Å². The second kappa shape index (κ2) is 4.70. The van der Waals surface area contributed by atoms with Crippen molar-refractivity contribution in [2.24, 2.45) is 16.7 Å². The number of carbonyl (C=O) groups is 2. The van der Waals surface area contributed by atoms with E-state index in [1.165, 1.54) is 0 Å². The van der Waals surface area contributed by atoms with Crippen molar-refractivity contribution in [3.05, 3.63) is 41.6 Å². The molecular weight excluding hydrogens is 278 g/mol. The number of anilines is 1. The number of fused-ring (bicyclic) bond motifs is 2. The van der Waals surface area contributed by atoms with Gasteiger partial charge >= 0.3 is 5.97 Å². The van der Waals surface area contributed by atoms with Gasteiger partial charge in [0.1, 0.15) is 0 Å². The molecular formula is C18H21NO3. The number of rotatable bonds is 3. The number of carboxylic acid groups (broad SMARTS) is 1. The molecule has 0 heterocycles. The van der Waals surface area contributed by atoms with Crippen molar-refractivity contribution in [1.29, 1.82) is 0 Å². The van der Waals surface area contributed by atoms with Gasteiger partial charge in [0.2, 0.25) is 0 Å². The predicted octanol–water partition coefficient (Wildman–Crippen LogP) is 3.71. The molecule has 0 saturated heterocycles. The van der Waals surface area contributed by atoms with Crippen molar-refractivity contribution in [1.82, 2.24) is 0 Å². The molecule has 2 fully saturated rings. The van der Waals surface area contributed by atoms with Crippen LogP contribution in [-0.4, -0.2) is 16.9 Å². The largest absolute Gasteiger partial charge is 0.478 e. The monoisotopic (exact) mass is 299 g/mol. The van der Waals surface area contributed by atoms with Crippen molar-refractivity contribution in [2.75, 3.05) is 5.32 Å². The average Bonchev–Trinajstić information content (AvgIpc) is 2.78. The molecule has 2 atom stereocenters. The van der Waals surface area contributed by atoms with Crippen LogP contribution in [0.1, 0.15) is 44.0 Å². The molecule has 2 aliphatic carbocycles. The lowest BCUT2D eigenvalue weighted by atomic mass is 9.70. The van der Waals surface area contributed by atoms with Crippen LogP contribution < -0.4 is 5.32 Å². The Labute approximate surface area is 130 Å². The first-order valence-electron chi connectivity index (χ1n) is 7.63. The van der Waals surface area contributed by atoms with Crippen LogP contribution in [0, 0.1) is 16.7 Å². The Bertz CT molecular complexity index is 689. The van der Waals surface area contributed by atoms with Gasteiger partial charge in [0.15, 0.2) is 5.78 Å². The minimum Gasteiger partial charge on any atom is -0.478 e. The number of carboxylic acids is 1. The highest BCUT2D eigenvalue weighted by Crippen LogP contribution is 2.65. The summed E-state index contributed by atoms with van der Waals surface area (Å²) in [5.74, 6) is -0.531. The zero-order chi connectivity index (χ0) is 16.1. The maximum Gasteiger partial charge on any atom is 0.337 e. The topological polar surface area (TPSA) is 66.4 Å². The smallest absolute Gasteiger partial charge is 0.337 e. The third-order valence-electron chi connectivity index (χ3n) is 5.91. The Kier molecular flexibility index (Phi) is 3.17. The standard InChI is InChI=1S/C18H21NO3/c1-17(2)13-8-9-18(17,3)15(20)12(13)10-19-14-7-5-4-6-11(14)16(21)22/h4-7,10,13,19H,8-9H2,1-3H3,(H,21,22). The van der Waals surface area contributed by atoms with Gasteiger partial charge in [-0.2, -0.15) is 0 Å². The van der Waals surface area contributed by atoms with Crippen LogP contribution in [0.2, 0.25) is 0 Å². The fourth-order valence-corrected chi connectivity index (χ4v) is 4.04. The normalized spacial score (nSPS) is 30.8. The summed E-state index contributed by atoms with van der Waals surface area (Å²) in [5, 5.41) is 12.3. The first-order chi connectivity index (χ1) is 10.3. The van der Waals surface area contributed by atoms with E-state index >= 15 is 0 Å². The lowest BCUT2D eigenvalue weighted by Gasteiger charge is -2.31. The molecule has 4 heteroatoms. The van der Waals surface area contributed by atoms with E-state index in [1.54, 1.807) is 30.5 Å². The van der Waals surface area contributed by atoms with Gasteiger partial charge in [-0.15, -0.1) is 0 Å². The van der Waals surface area contributed by atoms with E-state index in [9.17, 15) is 14.7 Å². The number of allylic oxidation sites excluding steroid dienone is 1. The summed E-state index contributed by atoms with van der Waals surface area (Å²) in [6, 6.07) is 6.73. The number of para-hydroxylation sites is 1. The quantitative estimate of drug-likeness (QED) is 0.835. The molecule has 2 N–H and O–H groups in total. The highest BCUT2D eigenvalue weighted by Gasteiger charge is 2.63. The summed E-state index contributed by atoms with van der Waals surface area (Å²) in [5.41, 5.74) is 1.20. The van der Waals surface area contributed by atoms with E-state index in [-0.39, 0.29) is 28.1 Å². The molecule has 2 bridgehead atoms. The second-order valence-corrected chi connectivity index (χ2v) is 7.07. The summed E-state index contributed by atoms with van der Waals surface area (Å²) in [6.07, 6.45) is 3.68. The number of carbonyl (C=O) groups excluding carboxylic acids is 1. The molecule has 2 saturated carbocycles. The summed E-state index contributed by atoms with van der Waals surface area (Å²) >= 11 is 0. The van der Waals surface area contributed by atoms with Gasteiger partial charge in [-0.1, -0.05) is 32.9 Å². The van der Waals surface area contributed by atoms with Crippen LogP contribution in [0.3, 0.4) is 0 Å². The summed E-state index contributed by atoms with van der Waals surface area (Å²) in [6.45, 7) is 6.38. The van der Waals surface area contributed by atoms with Crippen LogP contribution in [-0.2, 0) is 4.79 Å². The number of hydrogen-bond acceptors (Lipinski definition) is 3. The first kappa shape index (κ1) is 14.8. The van der Waals surface area contributed by atoms with Crippen molar-refractivity contribution < 1.29 is 14.7 Å². The second-order valence-electron chi connectivity index (χ2n) is 7.07. The molecule has 0 aromatic heterocycles.